The molecule has 0 radical (unpaired) electrons. The molecule has 3 aromatic rings. The van der Waals surface area contributed by atoms with E-state index < -0.39 is 6.04 Å². The summed E-state index contributed by atoms with van der Waals surface area (Å²) < 4.78 is 0. The molecule has 188 valence electrons. The molecule has 0 aliphatic carbocycles. The zero-order valence-corrected chi connectivity index (χ0v) is 21.0. The average molecular weight is 484 g/mol. The molecule has 0 saturated heterocycles. The Morgan fingerprint density at radius 1 is 1.14 bits per heavy atom. The number of fused-ring (bicyclic) bond motifs is 1. The summed E-state index contributed by atoms with van der Waals surface area (Å²) >= 11 is 0. The van der Waals surface area contributed by atoms with E-state index in [2.05, 4.69) is 30.2 Å². The number of carbonyl (C=O) groups excluding carboxylic acids is 2. The fourth-order valence-electron chi connectivity index (χ4n) is 3.61. The van der Waals surface area contributed by atoms with Crippen LogP contribution in [-0.2, 0) is 16.1 Å². The Hall–Kier alpha value is -3.86. The van der Waals surface area contributed by atoms with Crippen molar-refractivity contribution in [3.63, 3.8) is 0 Å². The molecule has 0 spiro atoms. The van der Waals surface area contributed by atoms with Crippen LogP contribution < -0.4 is 16.0 Å². The van der Waals surface area contributed by atoms with Gasteiger partial charge in [-0.15, -0.1) is 0 Å². The lowest BCUT2D eigenvalue weighted by molar-refractivity contribution is -0.127. The number of benzene rings is 1. The summed E-state index contributed by atoms with van der Waals surface area (Å²) in [6, 6.07) is 2.78. The fraction of sp³-hybridized carbons (Fsp3) is 0.417. The maximum absolute atomic E-state index is 10.7. The number of ketones is 1. The molecule has 1 aromatic carbocycles. The standard InChI is InChI=1S/C17H20N6O.C7H13NO3/c1-9-5-13(24)6-10(2)15(9)23(4)8-12-7-19-16-14(21-12)11(3)20-17(18)22-16;1-3-7(11)8-6(4-9)5(2)10/h5-7,24H,8H2,1-4H3,(H2,18,19,20,22);6,9H,3-4H2,1-2H3,(H,8,11). The molecule has 0 saturated carbocycles. The van der Waals surface area contributed by atoms with Crippen molar-refractivity contribution < 1.29 is 19.8 Å². The number of aliphatic hydroxyl groups is 1. The largest absolute Gasteiger partial charge is 0.508 e. The van der Waals surface area contributed by atoms with Gasteiger partial charge < -0.3 is 26.2 Å². The number of aromatic nitrogens is 4. The van der Waals surface area contributed by atoms with E-state index >= 15 is 0 Å². The minimum Gasteiger partial charge on any atom is -0.508 e. The number of aryl methyl sites for hydroxylation is 3. The third-order valence-electron chi connectivity index (χ3n) is 5.23. The Balaban J connectivity index is 0.000000334. The highest BCUT2D eigenvalue weighted by Crippen LogP contribution is 2.29. The molecule has 2 aromatic heterocycles. The van der Waals surface area contributed by atoms with Crippen LogP contribution in [-0.4, -0.2) is 61.5 Å². The van der Waals surface area contributed by atoms with E-state index in [9.17, 15) is 14.7 Å². The van der Waals surface area contributed by atoms with Gasteiger partial charge in [-0.25, -0.2) is 15.0 Å². The van der Waals surface area contributed by atoms with Gasteiger partial charge in [0.1, 0.15) is 17.3 Å². The Kier molecular flexibility index (Phi) is 9.41. The number of hydrogen-bond donors (Lipinski definition) is 4. The van der Waals surface area contributed by atoms with Crippen LogP contribution in [0, 0.1) is 20.8 Å². The molecule has 35 heavy (non-hydrogen) atoms. The number of aliphatic hydroxyl groups excluding tert-OH is 1. The summed E-state index contributed by atoms with van der Waals surface area (Å²) in [7, 11) is 1.99. The van der Waals surface area contributed by atoms with E-state index in [1.165, 1.54) is 6.92 Å². The van der Waals surface area contributed by atoms with Gasteiger partial charge in [-0.2, -0.15) is 4.98 Å². The van der Waals surface area contributed by atoms with E-state index in [0.29, 0.717) is 29.8 Å². The first-order valence-corrected chi connectivity index (χ1v) is 11.1. The van der Waals surface area contributed by atoms with Crippen molar-refractivity contribution in [3.05, 3.63) is 40.8 Å². The quantitative estimate of drug-likeness (QED) is 0.388. The average Bonchev–Trinajstić information content (AvgIpc) is 2.77. The molecular weight excluding hydrogens is 450 g/mol. The predicted molar refractivity (Wildman–Crippen MR) is 134 cm³/mol. The number of phenolic OH excluding ortho intramolecular Hbond substituents is 1. The zero-order valence-electron chi connectivity index (χ0n) is 21.0. The topological polar surface area (TPSA) is 167 Å². The van der Waals surface area contributed by atoms with Crippen LogP contribution in [0.1, 0.15) is 42.8 Å². The van der Waals surface area contributed by atoms with Gasteiger partial charge in [0.2, 0.25) is 11.9 Å². The van der Waals surface area contributed by atoms with Gasteiger partial charge in [0.25, 0.3) is 0 Å². The van der Waals surface area contributed by atoms with Crippen LogP contribution in [0.3, 0.4) is 0 Å². The Bertz CT molecular complexity index is 1190. The van der Waals surface area contributed by atoms with Crippen molar-refractivity contribution in [3.8, 4) is 5.75 Å². The van der Waals surface area contributed by atoms with E-state index in [-0.39, 0.29) is 30.0 Å². The highest BCUT2D eigenvalue weighted by Gasteiger charge is 2.14. The highest BCUT2D eigenvalue weighted by atomic mass is 16.3. The first-order chi connectivity index (χ1) is 16.5. The van der Waals surface area contributed by atoms with Crippen LogP contribution in [0.15, 0.2) is 18.3 Å². The summed E-state index contributed by atoms with van der Waals surface area (Å²) in [4.78, 5) is 40.7. The van der Waals surface area contributed by atoms with Gasteiger partial charge in [-0.3, -0.25) is 9.59 Å². The number of hydrogen-bond acceptors (Lipinski definition) is 10. The van der Waals surface area contributed by atoms with Gasteiger partial charge in [-0.1, -0.05) is 6.92 Å². The number of anilines is 2. The van der Waals surface area contributed by atoms with Crippen LogP contribution in [0.5, 0.6) is 5.75 Å². The Morgan fingerprint density at radius 3 is 2.31 bits per heavy atom. The Labute approximate surface area is 204 Å². The number of aromatic hydroxyl groups is 1. The minimum absolute atomic E-state index is 0.203. The molecule has 0 aliphatic heterocycles. The van der Waals surface area contributed by atoms with E-state index in [1.54, 1.807) is 25.3 Å². The second-order valence-electron chi connectivity index (χ2n) is 8.25. The first-order valence-electron chi connectivity index (χ1n) is 11.1. The lowest BCUT2D eigenvalue weighted by Crippen LogP contribution is -2.41. The fourth-order valence-corrected chi connectivity index (χ4v) is 3.61. The summed E-state index contributed by atoms with van der Waals surface area (Å²) in [6.45, 7) is 9.06. The summed E-state index contributed by atoms with van der Waals surface area (Å²) in [5.74, 6) is 0.0288. The number of amides is 1. The normalized spacial score (nSPS) is 11.4. The molecule has 1 atom stereocenters. The SMILES string of the molecule is CCC(=O)NC(CO)C(C)=O.Cc1cc(O)cc(C)c1N(C)Cc1cnc2nc(N)nc(C)c2n1. The molecule has 5 N–H and O–H groups in total. The Morgan fingerprint density at radius 2 is 1.77 bits per heavy atom. The highest BCUT2D eigenvalue weighted by molar-refractivity contribution is 5.87. The van der Waals surface area contributed by atoms with E-state index in [4.69, 9.17) is 10.8 Å². The maximum Gasteiger partial charge on any atom is 0.222 e. The predicted octanol–water partition coefficient (Wildman–Crippen LogP) is 1.73. The van der Waals surface area contributed by atoms with Crippen molar-refractivity contribution in [2.24, 2.45) is 0 Å². The number of carbonyl (C=O) groups is 2. The number of rotatable bonds is 7. The second kappa shape index (κ2) is 12.0. The number of Topliss-reactive ketones (excluding diaryl/α,β-unsaturated/α-hetero) is 1. The van der Waals surface area contributed by atoms with Gasteiger partial charge in [0.05, 0.1) is 30.7 Å². The van der Waals surface area contributed by atoms with Crippen molar-refractivity contribution in [2.45, 2.75) is 53.6 Å². The third-order valence-corrected chi connectivity index (χ3v) is 5.23. The van der Waals surface area contributed by atoms with Crippen molar-refractivity contribution >= 4 is 34.5 Å². The summed E-state index contributed by atoms with van der Waals surface area (Å²) in [5, 5.41) is 20.7. The van der Waals surface area contributed by atoms with Gasteiger partial charge in [0.15, 0.2) is 11.4 Å². The maximum atomic E-state index is 10.7. The molecule has 3 rings (SSSR count). The number of nitrogens with two attached hydrogens (primary N) is 1. The van der Waals surface area contributed by atoms with Crippen molar-refractivity contribution in [2.75, 3.05) is 24.3 Å². The van der Waals surface area contributed by atoms with Gasteiger partial charge >= 0.3 is 0 Å². The van der Waals surface area contributed by atoms with Crippen molar-refractivity contribution in [1.29, 1.82) is 0 Å². The lowest BCUT2D eigenvalue weighted by Gasteiger charge is -2.23. The second-order valence-corrected chi connectivity index (χ2v) is 8.25. The zero-order chi connectivity index (χ0) is 26.3. The molecule has 0 fully saturated rings. The number of nitrogen functional groups attached to an aromatic ring is 1. The number of nitrogens with one attached hydrogen (secondary N) is 1. The van der Waals surface area contributed by atoms with E-state index in [1.807, 2.05) is 27.8 Å². The third kappa shape index (κ3) is 7.31. The molecule has 11 heteroatoms. The monoisotopic (exact) mass is 483 g/mol. The summed E-state index contributed by atoms with van der Waals surface area (Å²) in [6.07, 6.45) is 2.03. The molecular formula is C24H33N7O4. The van der Waals surface area contributed by atoms with Crippen LogP contribution in [0.4, 0.5) is 11.6 Å². The van der Waals surface area contributed by atoms with Crippen LogP contribution in [0.25, 0.3) is 11.2 Å². The van der Waals surface area contributed by atoms with Crippen molar-refractivity contribution in [1.82, 2.24) is 25.3 Å². The lowest BCUT2D eigenvalue weighted by atomic mass is 10.1. The molecule has 1 amide bonds. The molecule has 0 bridgehead atoms. The summed E-state index contributed by atoms with van der Waals surface area (Å²) in [5.41, 5.74) is 11.4. The van der Waals surface area contributed by atoms with Crippen LogP contribution >= 0.6 is 0 Å². The molecule has 11 nitrogen and oxygen atoms in total. The minimum atomic E-state index is -0.734. The van der Waals surface area contributed by atoms with E-state index in [0.717, 1.165) is 22.5 Å². The van der Waals surface area contributed by atoms with Gasteiger partial charge in [0, 0.05) is 19.2 Å². The number of nitrogens with zero attached hydrogens (tertiary/aromatic N) is 5. The molecule has 0 aliphatic rings. The van der Waals surface area contributed by atoms with Gasteiger partial charge in [-0.05, 0) is 51.0 Å². The smallest absolute Gasteiger partial charge is 0.222 e. The van der Waals surface area contributed by atoms with Crippen LogP contribution in [0.2, 0.25) is 0 Å². The molecule has 1 unspecified atom stereocenters. The first kappa shape index (κ1) is 27.4. The number of phenols is 1. The molecule has 2 heterocycles.